The fourth-order valence-corrected chi connectivity index (χ4v) is 3.08. The van der Waals surface area contributed by atoms with Gasteiger partial charge in [0.15, 0.2) is 5.76 Å². The molecule has 1 aromatic heterocycles. The van der Waals surface area contributed by atoms with Gasteiger partial charge in [-0.05, 0) is 37.0 Å². The zero-order valence-corrected chi connectivity index (χ0v) is 15.7. The van der Waals surface area contributed by atoms with Crippen LogP contribution in [0.2, 0.25) is 0 Å². The minimum atomic E-state index is -0.246. The molecule has 1 atom stereocenters. The number of amides is 1. The van der Waals surface area contributed by atoms with Gasteiger partial charge in [-0.1, -0.05) is 36.4 Å². The van der Waals surface area contributed by atoms with E-state index in [0.29, 0.717) is 23.8 Å². The average molecular weight is 387 g/mol. The van der Waals surface area contributed by atoms with Gasteiger partial charge >= 0.3 is 0 Å². The highest BCUT2D eigenvalue weighted by Gasteiger charge is 2.29. The maximum absolute atomic E-state index is 12.7. The first-order chi connectivity index (χ1) is 12.7. The summed E-state index contributed by atoms with van der Waals surface area (Å²) in [6.45, 7) is 0.720. The van der Waals surface area contributed by atoms with Crippen molar-refractivity contribution in [3.8, 4) is 5.75 Å². The Hall–Kier alpha value is -2.50. The van der Waals surface area contributed by atoms with Gasteiger partial charge in [-0.2, -0.15) is 0 Å². The lowest BCUT2D eigenvalue weighted by Crippen LogP contribution is -2.38. The van der Waals surface area contributed by atoms with Crippen LogP contribution in [-0.2, 0) is 6.61 Å². The molecule has 0 saturated heterocycles. The van der Waals surface area contributed by atoms with Crippen LogP contribution in [0.25, 0.3) is 11.0 Å². The van der Waals surface area contributed by atoms with Gasteiger partial charge in [-0.25, -0.2) is 0 Å². The molecule has 1 unspecified atom stereocenters. The Bertz CT molecular complexity index is 906. The SMILES string of the molecule is Cl.NC(CNC(=O)c1oc2ccccc2c1COc1ccccc1)C1CC1. The molecule has 2 aromatic carbocycles. The van der Waals surface area contributed by atoms with Crippen LogP contribution >= 0.6 is 12.4 Å². The van der Waals surface area contributed by atoms with E-state index in [1.807, 2.05) is 54.6 Å². The largest absolute Gasteiger partial charge is 0.489 e. The normalized spacial score (nSPS) is 14.4. The zero-order chi connectivity index (χ0) is 17.9. The zero-order valence-electron chi connectivity index (χ0n) is 14.9. The van der Waals surface area contributed by atoms with Gasteiger partial charge < -0.3 is 20.2 Å². The fraction of sp³-hybridized carbons (Fsp3) is 0.286. The number of nitrogens with two attached hydrogens (primary N) is 1. The summed E-state index contributed by atoms with van der Waals surface area (Å²) < 4.78 is 11.7. The fourth-order valence-electron chi connectivity index (χ4n) is 3.08. The number of ether oxygens (including phenoxy) is 1. The number of hydrogen-bond acceptors (Lipinski definition) is 4. The van der Waals surface area contributed by atoms with Crippen molar-refractivity contribution in [1.82, 2.24) is 5.32 Å². The van der Waals surface area contributed by atoms with Crippen molar-refractivity contribution in [2.45, 2.75) is 25.5 Å². The summed E-state index contributed by atoms with van der Waals surface area (Å²) in [5, 5.41) is 3.80. The smallest absolute Gasteiger partial charge is 0.287 e. The Kier molecular flexibility index (Phi) is 6.04. The molecule has 0 spiro atoms. The standard InChI is InChI=1S/C21H22N2O3.ClH/c22-18(14-10-11-14)12-23-21(24)20-17(13-25-15-6-2-1-3-7-15)16-8-4-5-9-19(16)26-20;/h1-9,14,18H,10-13,22H2,(H,23,24);1H. The molecular weight excluding hydrogens is 364 g/mol. The van der Waals surface area contributed by atoms with Crippen LogP contribution in [0, 0.1) is 5.92 Å². The number of benzene rings is 2. The summed E-state index contributed by atoms with van der Waals surface area (Å²) in [6.07, 6.45) is 2.30. The molecule has 0 aliphatic heterocycles. The second-order valence-electron chi connectivity index (χ2n) is 6.72. The van der Waals surface area contributed by atoms with E-state index in [0.717, 1.165) is 29.5 Å². The molecule has 1 amide bonds. The van der Waals surface area contributed by atoms with Gasteiger partial charge in [0.1, 0.15) is 17.9 Å². The maximum atomic E-state index is 12.7. The number of carbonyl (C=O) groups excluding carboxylic acids is 1. The molecule has 0 bridgehead atoms. The first kappa shape index (κ1) is 19.3. The number of fused-ring (bicyclic) bond motifs is 1. The Balaban J connectivity index is 0.00000210. The molecule has 1 saturated carbocycles. The van der Waals surface area contributed by atoms with Crippen molar-refractivity contribution >= 4 is 29.3 Å². The number of rotatable bonds is 7. The van der Waals surface area contributed by atoms with Gasteiger partial charge in [0.05, 0.1) is 0 Å². The van der Waals surface area contributed by atoms with Crippen molar-refractivity contribution in [2.24, 2.45) is 11.7 Å². The molecule has 6 heteroatoms. The molecular formula is C21H23ClN2O3. The minimum Gasteiger partial charge on any atom is -0.489 e. The third-order valence-electron chi connectivity index (χ3n) is 4.76. The second kappa shape index (κ2) is 8.46. The van der Waals surface area contributed by atoms with Crippen LogP contribution in [-0.4, -0.2) is 18.5 Å². The summed E-state index contributed by atoms with van der Waals surface area (Å²) in [7, 11) is 0. The second-order valence-corrected chi connectivity index (χ2v) is 6.72. The summed E-state index contributed by atoms with van der Waals surface area (Å²) >= 11 is 0. The van der Waals surface area contributed by atoms with E-state index in [1.165, 1.54) is 0 Å². The third kappa shape index (κ3) is 4.43. The van der Waals surface area contributed by atoms with Crippen molar-refractivity contribution in [2.75, 3.05) is 6.54 Å². The predicted octanol–water partition coefficient (Wildman–Crippen LogP) is 3.90. The molecule has 5 nitrogen and oxygen atoms in total. The minimum absolute atomic E-state index is 0. The van der Waals surface area contributed by atoms with Gasteiger partial charge in [0, 0.05) is 23.5 Å². The highest BCUT2D eigenvalue weighted by molar-refractivity contribution is 5.99. The molecule has 1 aliphatic rings. The Morgan fingerprint density at radius 1 is 1.15 bits per heavy atom. The number of carbonyl (C=O) groups is 1. The lowest BCUT2D eigenvalue weighted by Gasteiger charge is -2.11. The van der Waals surface area contributed by atoms with E-state index in [4.69, 9.17) is 14.9 Å². The van der Waals surface area contributed by atoms with Gasteiger partial charge in [-0.15, -0.1) is 12.4 Å². The van der Waals surface area contributed by atoms with E-state index in [9.17, 15) is 4.79 Å². The number of nitrogens with one attached hydrogen (secondary N) is 1. The highest BCUT2D eigenvalue weighted by atomic mass is 35.5. The van der Waals surface area contributed by atoms with Crippen LogP contribution in [0.1, 0.15) is 29.0 Å². The van der Waals surface area contributed by atoms with Gasteiger partial charge in [-0.3, -0.25) is 4.79 Å². The number of furan rings is 1. The molecule has 0 radical (unpaired) electrons. The molecule has 142 valence electrons. The topological polar surface area (TPSA) is 77.5 Å². The summed E-state index contributed by atoms with van der Waals surface area (Å²) in [4.78, 5) is 12.7. The average Bonchev–Trinajstić information content (AvgIpc) is 3.46. The lowest BCUT2D eigenvalue weighted by molar-refractivity contribution is 0.0921. The Labute approximate surface area is 164 Å². The molecule has 1 aliphatic carbocycles. The highest BCUT2D eigenvalue weighted by Crippen LogP contribution is 2.31. The van der Waals surface area contributed by atoms with E-state index < -0.39 is 0 Å². The molecule has 4 rings (SSSR count). The molecule has 3 N–H and O–H groups in total. The van der Waals surface area contributed by atoms with E-state index in [1.54, 1.807) is 0 Å². The van der Waals surface area contributed by atoms with Crippen molar-refractivity contribution in [1.29, 1.82) is 0 Å². The van der Waals surface area contributed by atoms with Gasteiger partial charge in [0.2, 0.25) is 0 Å². The van der Waals surface area contributed by atoms with Crippen LogP contribution in [0.15, 0.2) is 59.0 Å². The van der Waals surface area contributed by atoms with E-state index >= 15 is 0 Å². The Morgan fingerprint density at radius 3 is 2.59 bits per heavy atom. The predicted molar refractivity (Wildman–Crippen MR) is 107 cm³/mol. The van der Waals surface area contributed by atoms with Crippen molar-refractivity contribution in [3.63, 3.8) is 0 Å². The maximum Gasteiger partial charge on any atom is 0.287 e. The summed E-state index contributed by atoms with van der Waals surface area (Å²) in [5.41, 5.74) is 7.51. The van der Waals surface area contributed by atoms with Crippen molar-refractivity contribution in [3.05, 3.63) is 65.9 Å². The first-order valence-electron chi connectivity index (χ1n) is 8.94. The van der Waals surface area contributed by atoms with Crippen molar-refractivity contribution < 1.29 is 13.9 Å². The van der Waals surface area contributed by atoms with Crippen LogP contribution in [0.3, 0.4) is 0 Å². The molecule has 1 fully saturated rings. The number of halogens is 1. The lowest BCUT2D eigenvalue weighted by atomic mass is 10.1. The van der Waals surface area contributed by atoms with Crippen LogP contribution < -0.4 is 15.8 Å². The van der Waals surface area contributed by atoms with Crippen LogP contribution in [0.5, 0.6) is 5.75 Å². The number of hydrogen-bond donors (Lipinski definition) is 2. The van der Waals surface area contributed by atoms with E-state index in [2.05, 4.69) is 5.32 Å². The summed E-state index contributed by atoms with van der Waals surface area (Å²) in [6, 6.07) is 17.1. The first-order valence-corrected chi connectivity index (χ1v) is 8.94. The Morgan fingerprint density at radius 2 is 1.85 bits per heavy atom. The van der Waals surface area contributed by atoms with Gasteiger partial charge in [0.25, 0.3) is 5.91 Å². The quantitative estimate of drug-likeness (QED) is 0.645. The van der Waals surface area contributed by atoms with E-state index in [-0.39, 0.29) is 31.0 Å². The molecule has 3 aromatic rings. The molecule has 1 heterocycles. The third-order valence-corrected chi connectivity index (χ3v) is 4.76. The summed E-state index contributed by atoms with van der Waals surface area (Å²) in [5.74, 6) is 1.33. The number of para-hydroxylation sites is 2. The molecule has 27 heavy (non-hydrogen) atoms. The van der Waals surface area contributed by atoms with Crippen LogP contribution in [0.4, 0.5) is 0 Å². The monoisotopic (exact) mass is 386 g/mol.